The third-order valence-electron chi connectivity index (χ3n) is 5.70. The Hall–Kier alpha value is -3.91. The van der Waals surface area contributed by atoms with Crippen molar-refractivity contribution in [3.63, 3.8) is 0 Å². The molecule has 4 heterocycles. The molecule has 1 fully saturated rings. The van der Waals surface area contributed by atoms with Crippen LogP contribution in [0.5, 0.6) is 0 Å². The minimum absolute atomic E-state index is 0.0613. The standard InChI is InChI=1S/C22H24N6O5/c1-3-33-21(31)27-10-6-16-15(13-27)18(19(23)29)25-28(16)17-12-14(5-9-24-17)4-7-22(32)8-11-26(2)20(22)30/h5,9,12,32H,3,6,8,10-11,13H2,1-2H3,(H2,23,29). The van der Waals surface area contributed by atoms with Gasteiger partial charge >= 0.3 is 6.09 Å². The fraction of sp³-hybridized carbons (Fsp3) is 0.409. The molecule has 172 valence electrons. The number of nitrogens with zero attached hydrogens (tertiary/aromatic N) is 5. The van der Waals surface area contributed by atoms with Gasteiger partial charge < -0.3 is 25.4 Å². The molecule has 2 aliphatic heterocycles. The molecule has 11 nitrogen and oxygen atoms in total. The van der Waals surface area contributed by atoms with Gasteiger partial charge in [0.1, 0.15) is 0 Å². The van der Waals surface area contributed by atoms with Crippen LogP contribution in [0.2, 0.25) is 0 Å². The average Bonchev–Trinajstić information content (AvgIpc) is 3.31. The largest absolute Gasteiger partial charge is 0.450 e. The van der Waals surface area contributed by atoms with Crippen molar-refractivity contribution < 1.29 is 24.2 Å². The monoisotopic (exact) mass is 452 g/mol. The van der Waals surface area contributed by atoms with Gasteiger partial charge in [-0.15, -0.1) is 0 Å². The van der Waals surface area contributed by atoms with Gasteiger partial charge in [-0.1, -0.05) is 11.8 Å². The lowest BCUT2D eigenvalue weighted by molar-refractivity contribution is -0.137. The molecule has 0 spiro atoms. The third kappa shape index (κ3) is 4.12. The molecule has 0 saturated carbocycles. The Morgan fingerprint density at radius 1 is 1.36 bits per heavy atom. The first-order valence-corrected chi connectivity index (χ1v) is 10.5. The molecule has 0 aromatic carbocycles. The molecule has 33 heavy (non-hydrogen) atoms. The molecule has 0 radical (unpaired) electrons. The molecular formula is C22H24N6O5. The number of primary amides is 1. The molecule has 1 atom stereocenters. The maximum atomic E-state index is 12.1. The molecule has 0 aliphatic carbocycles. The smallest absolute Gasteiger partial charge is 0.410 e. The van der Waals surface area contributed by atoms with E-state index in [9.17, 15) is 19.5 Å². The van der Waals surface area contributed by atoms with Gasteiger partial charge in [0.2, 0.25) is 5.60 Å². The van der Waals surface area contributed by atoms with Crippen LogP contribution in [0, 0.1) is 11.8 Å². The fourth-order valence-electron chi connectivity index (χ4n) is 3.93. The van der Waals surface area contributed by atoms with Gasteiger partial charge in [0.15, 0.2) is 11.5 Å². The molecule has 2 aromatic rings. The van der Waals surface area contributed by atoms with Gasteiger partial charge in [-0.3, -0.25) is 9.59 Å². The molecular weight excluding hydrogens is 428 g/mol. The molecule has 11 heteroatoms. The van der Waals surface area contributed by atoms with Crippen LogP contribution in [0.4, 0.5) is 4.79 Å². The Kier molecular flexibility index (Phi) is 5.78. The molecule has 3 N–H and O–H groups in total. The van der Waals surface area contributed by atoms with Crippen LogP contribution in [0.3, 0.4) is 0 Å². The Balaban J connectivity index is 1.67. The van der Waals surface area contributed by atoms with E-state index in [0.717, 1.165) is 0 Å². The van der Waals surface area contributed by atoms with Crippen molar-refractivity contribution in [2.45, 2.75) is 31.9 Å². The summed E-state index contributed by atoms with van der Waals surface area (Å²) in [6.45, 7) is 2.94. The van der Waals surface area contributed by atoms with Gasteiger partial charge in [-0.2, -0.15) is 5.10 Å². The summed E-state index contributed by atoms with van der Waals surface area (Å²) in [7, 11) is 1.62. The maximum Gasteiger partial charge on any atom is 0.410 e. The zero-order chi connectivity index (χ0) is 23.8. The van der Waals surface area contributed by atoms with Crippen LogP contribution in [0.1, 0.15) is 40.7 Å². The van der Waals surface area contributed by atoms with Crippen molar-refractivity contribution in [3.05, 3.63) is 40.8 Å². The molecule has 1 saturated heterocycles. The summed E-state index contributed by atoms with van der Waals surface area (Å²) in [4.78, 5) is 43.6. The second-order valence-corrected chi connectivity index (χ2v) is 7.91. The van der Waals surface area contributed by atoms with E-state index >= 15 is 0 Å². The maximum absolute atomic E-state index is 12.1. The molecule has 3 amide bonds. The highest BCUT2D eigenvalue weighted by molar-refractivity contribution is 5.93. The Morgan fingerprint density at radius 2 is 2.15 bits per heavy atom. The van der Waals surface area contributed by atoms with Crippen molar-refractivity contribution in [1.82, 2.24) is 24.6 Å². The summed E-state index contributed by atoms with van der Waals surface area (Å²) in [5, 5.41) is 14.9. The molecule has 2 aromatic heterocycles. The number of likely N-dealkylation sites (N-methyl/N-ethyl adjacent to an activating group) is 1. The highest BCUT2D eigenvalue weighted by Crippen LogP contribution is 2.26. The van der Waals surface area contributed by atoms with Crippen LogP contribution in [0.25, 0.3) is 5.82 Å². The number of ether oxygens (including phenoxy) is 1. The molecule has 1 unspecified atom stereocenters. The van der Waals surface area contributed by atoms with E-state index in [1.54, 1.807) is 26.1 Å². The number of rotatable bonds is 3. The van der Waals surface area contributed by atoms with Gasteiger partial charge in [0, 0.05) is 50.3 Å². The number of pyridine rings is 1. The predicted octanol–water partition coefficient (Wildman–Crippen LogP) is -0.174. The summed E-state index contributed by atoms with van der Waals surface area (Å²) in [6.07, 6.45) is 1.72. The number of hydrogen-bond donors (Lipinski definition) is 2. The van der Waals surface area contributed by atoms with E-state index in [4.69, 9.17) is 10.5 Å². The van der Waals surface area contributed by atoms with E-state index in [2.05, 4.69) is 21.9 Å². The van der Waals surface area contributed by atoms with Crippen molar-refractivity contribution in [1.29, 1.82) is 0 Å². The van der Waals surface area contributed by atoms with E-state index in [0.29, 0.717) is 42.1 Å². The minimum atomic E-state index is -1.71. The van der Waals surface area contributed by atoms with Crippen molar-refractivity contribution >= 4 is 17.9 Å². The Morgan fingerprint density at radius 3 is 2.82 bits per heavy atom. The molecule has 0 bridgehead atoms. The second-order valence-electron chi connectivity index (χ2n) is 7.91. The van der Waals surface area contributed by atoms with E-state index in [-0.39, 0.29) is 25.3 Å². The molecule has 2 aliphatic rings. The zero-order valence-electron chi connectivity index (χ0n) is 18.4. The van der Waals surface area contributed by atoms with Gasteiger partial charge in [0.25, 0.3) is 11.8 Å². The second kappa shape index (κ2) is 8.55. The summed E-state index contributed by atoms with van der Waals surface area (Å²) in [6, 6.07) is 3.30. The van der Waals surface area contributed by atoms with Crippen LogP contribution in [-0.2, 0) is 22.5 Å². The number of aromatic nitrogens is 3. The van der Waals surface area contributed by atoms with Gasteiger partial charge in [-0.25, -0.2) is 14.5 Å². The average molecular weight is 452 g/mol. The minimum Gasteiger partial charge on any atom is -0.450 e. The number of amides is 3. The van der Waals surface area contributed by atoms with Crippen molar-refractivity contribution in [3.8, 4) is 17.7 Å². The van der Waals surface area contributed by atoms with Gasteiger partial charge in [-0.05, 0) is 19.1 Å². The Labute approximate surface area is 190 Å². The van der Waals surface area contributed by atoms with Crippen LogP contribution < -0.4 is 5.73 Å². The Bertz CT molecular complexity index is 1200. The summed E-state index contributed by atoms with van der Waals surface area (Å²) in [5.74, 6) is 4.78. The number of carbonyl (C=O) groups is 3. The SMILES string of the molecule is CCOC(=O)N1CCc2c(c(C(N)=O)nn2-c2cc(C#CC3(O)CCN(C)C3=O)ccn2)C1. The normalized spacial score (nSPS) is 19.7. The topological polar surface area (TPSA) is 144 Å². The van der Waals surface area contributed by atoms with Crippen molar-refractivity contribution in [2.24, 2.45) is 5.73 Å². The van der Waals surface area contributed by atoms with E-state index < -0.39 is 23.5 Å². The summed E-state index contributed by atoms with van der Waals surface area (Å²) >= 11 is 0. The lowest BCUT2D eigenvalue weighted by Crippen LogP contribution is -2.37. The lowest BCUT2D eigenvalue weighted by Gasteiger charge is -2.26. The third-order valence-corrected chi connectivity index (χ3v) is 5.70. The summed E-state index contributed by atoms with van der Waals surface area (Å²) in [5.41, 5.74) is 5.68. The first-order valence-electron chi connectivity index (χ1n) is 10.5. The van der Waals surface area contributed by atoms with Crippen LogP contribution >= 0.6 is 0 Å². The highest BCUT2D eigenvalue weighted by Gasteiger charge is 2.42. The summed E-state index contributed by atoms with van der Waals surface area (Å²) < 4.78 is 6.58. The number of fused-ring (bicyclic) bond motifs is 1. The predicted molar refractivity (Wildman–Crippen MR) is 115 cm³/mol. The van der Waals surface area contributed by atoms with Crippen molar-refractivity contribution in [2.75, 3.05) is 26.7 Å². The zero-order valence-corrected chi connectivity index (χ0v) is 18.4. The van der Waals surface area contributed by atoms with E-state index in [1.807, 2.05) is 0 Å². The van der Waals surface area contributed by atoms with Gasteiger partial charge in [0.05, 0.1) is 18.8 Å². The quantitative estimate of drug-likeness (QED) is 0.615. The number of nitrogens with two attached hydrogens (primary N) is 1. The lowest BCUT2D eigenvalue weighted by atomic mass is 10.0. The van der Waals surface area contributed by atoms with Crippen LogP contribution in [0.15, 0.2) is 18.3 Å². The number of aliphatic hydroxyl groups is 1. The van der Waals surface area contributed by atoms with E-state index in [1.165, 1.54) is 20.7 Å². The number of hydrogen-bond acceptors (Lipinski definition) is 7. The highest BCUT2D eigenvalue weighted by atomic mass is 16.6. The fourth-order valence-corrected chi connectivity index (χ4v) is 3.93. The first-order chi connectivity index (χ1) is 15.7. The molecule has 4 rings (SSSR count). The first kappa shape index (κ1) is 22.3. The number of likely N-dealkylation sites (tertiary alicyclic amines) is 1. The number of carbonyl (C=O) groups excluding carboxylic acids is 3. The van der Waals surface area contributed by atoms with Crippen LogP contribution in [-0.4, -0.2) is 79.9 Å².